The Labute approximate surface area is 106 Å². The van der Waals surface area contributed by atoms with Crippen LogP contribution in [0, 0.1) is 0 Å². The van der Waals surface area contributed by atoms with Gasteiger partial charge in [-0.15, -0.1) is 0 Å². The van der Waals surface area contributed by atoms with Crippen LogP contribution in [0.25, 0.3) is 5.69 Å². The second-order valence-electron chi connectivity index (χ2n) is 3.45. The lowest BCUT2D eigenvalue weighted by atomic mass is 10.2. The molecule has 18 heavy (non-hydrogen) atoms. The van der Waals surface area contributed by atoms with E-state index in [4.69, 9.17) is 17.2 Å². The van der Waals surface area contributed by atoms with E-state index < -0.39 is 11.8 Å². The first kappa shape index (κ1) is 12.0. The van der Waals surface area contributed by atoms with E-state index in [0.717, 1.165) is 11.5 Å². The molecular formula is C10H10N5O2S+. The molecule has 0 aliphatic rings. The van der Waals surface area contributed by atoms with Crippen LogP contribution in [-0.4, -0.2) is 16.9 Å². The van der Waals surface area contributed by atoms with Gasteiger partial charge in [0.25, 0.3) is 11.6 Å². The Hall–Kier alpha value is -2.48. The van der Waals surface area contributed by atoms with Crippen LogP contribution in [0.1, 0.15) is 20.8 Å². The summed E-state index contributed by atoms with van der Waals surface area (Å²) in [7, 11) is 0. The highest BCUT2D eigenvalue weighted by atomic mass is 32.1. The van der Waals surface area contributed by atoms with Gasteiger partial charge in [0.1, 0.15) is 0 Å². The van der Waals surface area contributed by atoms with Crippen molar-refractivity contribution >= 4 is 28.3 Å². The number of primary amides is 2. The zero-order chi connectivity index (χ0) is 13.3. The van der Waals surface area contributed by atoms with Gasteiger partial charge in [-0.2, -0.15) is 0 Å². The molecule has 1 heterocycles. The Morgan fingerprint density at radius 2 is 1.72 bits per heavy atom. The molecule has 1 aromatic heterocycles. The number of hydrogen-bond acceptors (Lipinski definition) is 5. The maximum absolute atomic E-state index is 11.0. The van der Waals surface area contributed by atoms with Crippen LogP contribution in [0.5, 0.6) is 0 Å². The predicted molar refractivity (Wildman–Crippen MR) is 65.1 cm³/mol. The summed E-state index contributed by atoms with van der Waals surface area (Å²) in [6.45, 7) is 0. The standard InChI is InChI=1S/C10H9N5O2S/c11-8(16)5-1-3-6(4-2-5)15-14-7(9(12)17)10(13)18-15/h1-4,13H,(H4,11,12,16,17)/p+1. The van der Waals surface area contributed by atoms with Crippen molar-refractivity contribution in [3.8, 4) is 5.69 Å². The summed E-state index contributed by atoms with van der Waals surface area (Å²) in [4.78, 5) is 21.9. The van der Waals surface area contributed by atoms with Crippen LogP contribution >= 0.6 is 11.5 Å². The zero-order valence-corrected chi connectivity index (χ0v) is 9.98. The topological polar surface area (TPSA) is 129 Å². The summed E-state index contributed by atoms with van der Waals surface area (Å²) in [5.41, 5.74) is 16.9. The first-order valence-electron chi connectivity index (χ1n) is 4.88. The molecule has 0 fully saturated rings. The van der Waals surface area contributed by atoms with Crippen LogP contribution in [0.3, 0.4) is 0 Å². The lowest BCUT2D eigenvalue weighted by Crippen LogP contribution is -2.30. The van der Waals surface area contributed by atoms with E-state index >= 15 is 0 Å². The number of carbonyl (C=O) groups excluding carboxylic acids is 2. The second kappa shape index (κ2) is 4.41. The minimum Gasteiger partial charge on any atom is -0.384 e. The number of amides is 2. The number of nitrogens with two attached hydrogens (primary N) is 3. The lowest BCUT2D eigenvalue weighted by Gasteiger charge is -1.92. The molecule has 0 aliphatic carbocycles. The molecule has 1 aromatic carbocycles. The fourth-order valence-electron chi connectivity index (χ4n) is 1.33. The van der Waals surface area contributed by atoms with Crippen molar-refractivity contribution in [2.24, 2.45) is 11.5 Å². The number of nitrogens with zero attached hydrogens (tertiary/aromatic N) is 2. The highest BCUT2D eigenvalue weighted by molar-refractivity contribution is 7.06. The summed E-state index contributed by atoms with van der Waals surface area (Å²) < 4.78 is 1.44. The fourth-order valence-corrected chi connectivity index (χ4v) is 2.10. The quantitative estimate of drug-likeness (QED) is 0.626. The van der Waals surface area contributed by atoms with Gasteiger partial charge in [0, 0.05) is 26.9 Å². The van der Waals surface area contributed by atoms with Crippen molar-refractivity contribution in [3.05, 3.63) is 35.5 Å². The molecule has 0 spiro atoms. The maximum Gasteiger partial charge on any atom is 0.276 e. The molecule has 92 valence electrons. The van der Waals surface area contributed by atoms with Gasteiger partial charge in [-0.1, -0.05) is 0 Å². The van der Waals surface area contributed by atoms with Crippen LogP contribution in [0.4, 0.5) is 5.00 Å². The number of aromatic nitrogens is 2. The van der Waals surface area contributed by atoms with Crippen LogP contribution in [0.15, 0.2) is 24.3 Å². The molecular weight excluding hydrogens is 254 g/mol. The Morgan fingerprint density at radius 3 is 2.17 bits per heavy atom. The minimum absolute atomic E-state index is 0.0268. The van der Waals surface area contributed by atoms with E-state index in [-0.39, 0.29) is 10.7 Å². The average Bonchev–Trinajstić information content (AvgIpc) is 2.71. The van der Waals surface area contributed by atoms with Gasteiger partial charge < -0.3 is 17.2 Å². The number of benzene rings is 1. The summed E-state index contributed by atoms with van der Waals surface area (Å²) in [5, 5.41) is 4.21. The number of anilines is 1. The highest BCUT2D eigenvalue weighted by Gasteiger charge is 2.22. The van der Waals surface area contributed by atoms with Gasteiger partial charge in [-0.25, -0.2) is 0 Å². The molecule has 2 aromatic rings. The van der Waals surface area contributed by atoms with Gasteiger partial charge in [-0.05, 0) is 12.1 Å². The molecule has 0 bridgehead atoms. The summed E-state index contributed by atoms with van der Waals surface area (Å²) in [6.07, 6.45) is 0. The molecule has 0 radical (unpaired) electrons. The van der Waals surface area contributed by atoms with Gasteiger partial charge >= 0.3 is 0 Å². The van der Waals surface area contributed by atoms with Gasteiger partial charge in [-0.3, -0.25) is 9.59 Å². The van der Waals surface area contributed by atoms with Crippen molar-refractivity contribution in [3.63, 3.8) is 0 Å². The Bertz CT molecular complexity index is 620. The summed E-state index contributed by atoms with van der Waals surface area (Å²) >= 11 is 1.08. The number of rotatable bonds is 3. The third-order valence-electron chi connectivity index (χ3n) is 2.22. The van der Waals surface area contributed by atoms with Crippen molar-refractivity contribution in [1.29, 1.82) is 0 Å². The normalized spacial score (nSPS) is 10.2. The molecule has 7 nitrogen and oxygen atoms in total. The van der Waals surface area contributed by atoms with E-state index in [2.05, 4.69) is 5.10 Å². The van der Waals surface area contributed by atoms with E-state index in [0.29, 0.717) is 11.3 Å². The molecule has 2 amide bonds. The first-order valence-corrected chi connectivity index (χ1v) is 5.65. The van der Waals surface area contributed by atoms with E-state index in [1.54, 1.807) is 24.3 Å². The third-order valence-corrected chi connectivity index (χ3v) is 3.07. The van der Waals surface area contributed by atoms with Crippen molar-refractivity contribution in [2.45, 2.75) is 0 Å². The van der Waals surface area contributed by atoms with Gasteiger partial charge in [0.05, 0.1) is 0 Å². The lowest BCUT2D eigenvalue weighted by molar-refractivity contribution is -0.588. The Morgan fingerprint density at radius 1 is 1.11 bits per heavy atom. The molecule has 6 N–H and O–H groups in total. The molecule has 0 saturated carbocycles. The van der Waals surface area contributed by atoms with E-state index in [9.17, 15) is 9.59 Å². The molecule has 8 heteroatoms. The van der Waals surface area contributed by atoms with Crippen molar-refractivity contribution < 1.29 is 13.7 Å². The highest BCUT2D eigenvalue weighted by Crippen LogP contribution is 2.13. The molecule has 0 unspecified atom stereocenters. The minimum atomic E-state index is -0.684. The SMILES string of the molecule is NC(=O)c1ccc(-[n+]2nc(C(N)=O)c(N)s2)cc1. The Kier molecular flexibility index (Phi) is 2.94. The number of nitrogen functional groups attached to an aromatic ring is 1. The molecule has 0 aliphatic heterocycles. The summed E-state index contributed by atoms with van der Waals surface area (Å²) in [6, 6.07) is 6.42. The monoisotopic (exact) mass is 264 g/mol. The molecule has 0 atom stereocenters. The zero-order valence-electron chi connectivity index (χ0n) is 9.16. The van der Waals surface area contributed by atoms with E-state index in [1.807, 2.05) is 0 Å². The first-order chi connectivity index (χ1) is 8.49. The third kappa shape index (κ3) is 2.13. The maximum atomic E-state index is 11.0. The van der Waals surface area contributed by atoms with Crippen molar-refractivity contribution in [2.75, 3.05) is 5.73 Å². The number of carbonyl (C=O) groups is 2. The predicted octanol–water partition coefficient (Wildman–Crippen LogP) is -0.800. The van der Waals surface area contributed by atoms with Gasteiger partial charge in [0.15, 0.2) is 16.5 Å². The van der Waals surface area contributed by atoms with Crippen molar-refractivity contribution in [1.82, 2.24) is 5.10 Å². The molecule has 2 rings (SSSR count). The fraction of sp³-hybridized carbons (Fsp3) is 0. The smallest absolute Gasteiger partial charge is 0.276 e. The van der Waals surface area contributed by atoms with Gasteiger partial charge in [0.2, 0.25) is 11.6 Å². The van der Waals surface area contributed by atoms with Crippen LogP contribution < -0.4 is 21.3 Å². The second-order valence-corrected chi connectivity index (χ2v) is 4.42. The summed E-state index contributed by atoms with van der Waals surface area (Å²) in [5.74, 6) is -1.20. The largest absolute Gasteiger partial charge is 0.384 e. The molecule has 0 saturated heterocycles. The van der Waals surface area contributed by atoms with Crippen LogP contribution in [0.2, 0.25) is 0 Å². The van der Waals surface area contributed by atoms with Crippen LogP contribution in [-0.2, 0) is 0 Å². The van der Waals surface area contributed by atoms with E-state index in [1.165, 1.54) is 4.07 Å². The number of hydrogen-bond donors (Lipinski definition) is 3. The average molecular weight is 264 g/mol. The Balaban J connectivity index is 2.40.